The molecule has 0 saturated carbocycles. The standard InChI is InChI=1S/ClH.5H2O.Sn.2H/h1H;5*1H2;;;. The molecule has 0 aromatic rings. The zero-order valence-electron chi connectivity index (χ0n) is 3.62. The molecule has 0 heterocycles. The maximum absolute atomic E-state index is 0. The number of rotatable bonds is 0. The van der Waals surface area contributed by atoms with Crippen LogP contribution in [0.4, 0.5) is 0 Å². The normalized spacial score (nSPS) is 0. The Hall–Kier alpha value is 0.889. The summed E-state index contributed by atoms with van der Waals surface area (Å²) in [6, 6.07) is 0. The summed E-state index contributed by atoms with van der Waals surface area (Å²) in [4.78, 5) is 0. The quantitative estimate of drug-likeness (QED) is 0.377. The van der Waals surface area contributed by atoms with Crippen LogP contribution in [0.25, 0.3) is 0 Å². The Morgan fingerprint density at radius 1 is 0.429 bits per heavy atom. The van der Waals surface area contributed by atoms with Crippen molar-refractivity contribution in [2.45, 2.75) is 0 Å². The molecule has 0 bridgehead atoms. The van der Waals surface area contributed by atoms with Gasteiger partial charge in [-0.15, -0.1) is 12.4 Å². The van der Waals surface area contributed by atoms with E-state index in [1.807, 2.05) is 0 Å². The van der Waals surface area contributed by atoms with E-state index >= 15 is 0 Å². The molecule has 0 aromatic heterocycles. The van der Waals surface area contributed by atoms with Crippen LogP contribution in [0.5, 0.6) is 0 Å². The van der Waals surface area contributed by atoms with Crippen molar-refractivity contribution in [1.82, 2.24) is 0 Å². The average Bonchev–Trinajstić information content (AvgIpc) is 0. The molecule has 10 N–H and O–H groups in total. The van der Waals surface area contributed by atoms with Crippen molar-refractivity contribution in [2.75, 3.05) is 0 Å². The van der Waals surface area contributed by atoms with E-state index < -0.39 is 0 Å². The first-order valence-electron chi connectivity index (χ1n) is 0. The summed E-state index contributed by atoms with van der Waals surface area (Å²) in [6.07, 6.45) is 0. The molecule has 54 valence electrons. The SMILES string of the molecule is Cl.O.O.O.O.O.[SnH2]. The third-order valence-electron chi connectivity index (χ3n) is 0. The summed E-state index contributed by atoms with van der Waals surface area (Å²) < 4.78 is 0. The molecule has 0 aromatic carbocycles. The second-order valence-electron chi connectivity index (χ2n) is 0. The zero-order valence-corrected chi connectivity index (χ0v) is 8.47. The molecule has 5 nitrogen and oxygen atoms in total. The summed E-state index contributed by atoms with van der Waals surface area (Å²) in [7, 11) is 0. The molecule has 0 spiro atoms. The van der Waals surface area contributed by atoms with Gasteiger partial charge in [-0.3, -0.25) is 0 Å². The van der Waals surface area contributed by atoms with Gasteiger partial charge < -0.3 is 27.4 Å². The van der Waals surface area contributed by atoms with Crippen molar-refractivity contribution in [2.24, 2.45) is 0 Å². The predicted molar refractivity (Wildman–Crippen MR) is 33.9 cm³/mol. The van der Waals surface area contributed by atoms with E-state index in [0.717, 1.165) is 0 Å². The van der Waals surface area contributed by atoms with Gasteiger partial charge in [0, 0.05) is 0 Å². The summed E-state index contributed by atoms with van der Waals surface area (Å²) >= 11 is 0. The molecule has 2 radical (unpaired) electrons. The molecular weight excluding hydrogens is 234 g/mol. The van der Waals surface area contributed by atoms with Gasteiger partial charge >= 0.3 is 23.9 Å². The van der Waals surface area contributed by atoms with Gasteiger partial charge in [0.15, 0.2) is 0 Å². The van der Waals surface area contributed by atoms with E-state index in [4.69, 9.17) is 0 Å². The third kappa shape index (κ3) is 208. The van der Waals surface area contributed by atoms with Crippen LogP contribution in [-0.2, 0) is 0 Å². The van der Waals surface area contributed by atoms with E-state index in [9.17, 15) is 0 Å². The predicted octanol–water partition coefficient (Wildman–Crippen LogP) is -4.62. The van der Waals surface area contributed by atoms with Crippen molar-refractivity contribution >= 4 is 36.3 Å². The number of halogens is 1. The summed E-state index contributed by atoms with van der Waals surface area (Å²) in [5, 5.41) is 0. The minimum atomic E-state index is 0. The molecular formula is H13ClO5Sn. The summed E-state index contributed by atoms with van der Waals surface area (Å²) in [5.74, 6) is 0. The van der Waals surface area contributed by atoms with Crippen LogP contribution >= 0.6 is 12.4 Å². The second kappa shape index (κ2) is 302. The van der Waals surface area contributed by atoms with Crippen LogP contribution in [0.1, 0.15) is 0 Å². The zero-order chi connectivity index (χ0) is 0. The van der Waals surface area contributed by atoms with Crippen molar-refractivity contribution in [3.8, 4) is 0 Å². The Morgan fingerprint density at radius 3 is 0.429 bits per heavy atom. The van der Waals surface area contributed by atoms with Gasteiger partial charge in [-0.25, -0.2) is 0 Å². The average molecular weight is 247 g/mol. The first-order valence-corrected chi connectivity index (χ1v) is 0. The van der Waals surface area contributed by atoms with Gasteiger partial charge in [-0.1, -0.05) is 0 Å². The van der Waals surface area contributed by atoms with Crippen LogP contribution in [-0.4, -0.2) is 51.3 Å². The summed E-state index contributed by atoms with van der Waals surface area (Å²) in [6.45, 7) is 0. The van der Waals surface area contributed by atoms with Crippen LogP contribution in [0.15, 0.2) is 0 Å². The molecule has 7 heavy (non-hydrogen) atoms. The van der Waals surface area contributed by atoms with Gasteiger partial charge in [0.25, 0.3) is 0 Å². The fourth-order valence-corrected chi connectivity index (χ4v) is 0. The van der Waals surface area contributed by atoms with E-state index in [1.165, 1.54) is 0 Å². The molecule has 0 aliphatic rings. The van der Waals surface area contributed by atoms with Gasteiger partial charge in [0.1, 0.15) is 0 Å². The molecule has 7 heteroatoms. The monoisotopic (exact) mass is 248 g/mol. The molecule has 0 saturated heterocycles. The molecule has 0 unspecified atom stereocenters. The van der Waals surface area contributed by atoms with Gasteiger partial charge in [0.05, 0.1) is 0 Å². The molecule has 0 fully saturated rings. The number of hydrogen-bond acceptors (Lipinski definition) is 0. The van der Waals surface area contributed by atoms with Gasteiger partial charge in [-0.05, 0) is 0 Å². The Labute approximate surface area is 64.0 Å². The molecule has 0 aliphatic carbocycles. The van der Waals surface area contributed by atoms with Gasteiger partial charge in [-0.2, -0.15) is 0 Å². The maximum atomic E-state index is 0. The third-order valence-corrected chi connectivity index (χ3v) is 0. The molecule has 0 rings (SSSR count). The van der Waals surface area contributed by atoms with E-state index in [1.54, 1.807) is 0 Å². The topological polar surface area (TPSA) is 158 Å². The van der Waals surface area contributed by atoms with E-state index in [0.29, 0.717) is 0 Å². The van der Waals surface area contributed by atoms with Crippen LogP contribution in [0.2, 0.25) is 0 Å². The van der Waals surface area contributed by atoms with Crippen molar-refractivity contribution < 1.29 is 27.4 Å². The van der Waals surface area contributed by atoms with Crippen LogP contribution in [0.3, 0.4) is 0 Å². The van der Waals surface area contributed by atoms with E-state index in [-0.39, 0.29) is 63.7 Å². The number of hydrogen-bond donors (Lipinski definition) is 0. The van der Waals surface area contributed by atoms with Crippen molar-refractivity contribution in [3.05, 3.63) is 0 Å². The van der Waals surface area contributed by atoms with Crippen LogP contribution in [0, 0.1) is 0 Å². The molecule has 0 aliphatic heterocycles. The Balaban J connectivity index is 0. The minimum absolute atomic E-state index is 0. The first kappa shape index (κ1) is 474. The van der Waals surface area contributed by atoms with E-state index in [2.05, 4.69) is 0 Å². The van der Waals surface area contributed by atoms with Crippen molar-refractivity contribution in [3.63, 3.8) is 0 Å². The van der Waals surface area contributed by atoms with Crippen LogP contribution < -0.4 is 0 Å². The summed E-state index contributed by atoms with van der Waals surface area (Å²) in [5.41, 5.74) is 0. The Morgan fingerprint density at radius 2 is 0.429 bits per heavy atom. The first-order chi connectivity index (χ1) is 0. The van der Waals surface area contributed by atoms with Crippen molar-refractivity contribution in [1.29, 1.82) is 0 Å². The fourth-order valence-electron chi connectivity index (χ4n) is 0. The Kier molecular flexibility index (Phi) is 20500. The Bertz CT molecular complexity index is 8.04. The molecule has 0 amide bonds. The molecule has 0 atom stereocenters. The second-order valence-corrected chi connectivity index (χ2v) is 0. The fraction of sp³-hybridized carbons (Fsp3) is 0. The van der Waals surface area contributed by atoms with Gasteiger partial charge in [0.2, 0.25) is 0 Å².